The van der Waals surface area contributed by atoms with Gasteiger partial charge in [0.1, 0.15) is 12.4 Å². The van der Waals surface area contributed by atoms with E-state index in [0.29, 0.717) is 11.3 Å². The van der Waals surface area contributed by atoms with Gasteiger partial charge in [0.15, 0.2) is 5.82 Å². The minimum absolute atomic E-state index is 0.0475. The Hall–Kier alpha value is -3.36. The number of carbonyl (C=O) groups is 1. The van der Waals surface area contributed by atoms with Crippen LogP contribution in [0.3, 0.4) is 0 Å². The summed E-state index contributed by atoms with van der Waals surface area (Å²) in [6.07, 6.45) is 6.47. The molecule has 0 unspecified atom stereocenters. The molecule has 30 heavy (non-hydrogen) atoms. The van der Waals surface area contributed by atoms with Crippen molar-refractivity contribution in [3.63, 3.8) is 0 Å². The smallest absolute Gasteiger partial charge is 0.316 e. The highest BCUT2D eigenvalue weighted by molar-refractivity contribution is 5.89. The molecule has 1 aliphatic carbocycles. The minimum atomic E-state index is -0.402. The lowest BCUT2D eigenvalue weighted by Crippen LogP contribution is -2.34. The zero-order valence-corrected chi connectivity index (χ0v) is 16.4. The monoisotopic (exact) mass is 411 g/mol. The fourth-order valence-corrected chi connectivity index (χ4v) is 3.55. The van der Waals surface area contributed by atoms with Crippen LogP contribution in [0.2, 0.25) is 0 Å². The molecule has 1 saturated carbocycles. The summed E-state index contributed by atoms with van der Waals surface area (Å²) in [4.78, 5) is 28.7. The van der Waals surface area contributed by atoms with Gasteiger partial charge in [-0.3, -0.25) is 9.59 Å². The number of hydrogen-bond acceptors (Lipinski definition) is 6. The van der Waals surface area contributed by atoms with Gasteiger partial charge < -0.3 is 9.84 Å². The van der Waals surface area contributed by atoms with Crippen LogP contribution in [0.4, 0.5) is 4.39 Å². The Morgan fingerprint density at radius 3 is 2.57 bits per heavy atom. The van der Waals surface area contributed by atoms with Gasteiger partial charge in [-0.15, -0.1) is 0 Å². The van der Waals surface area contributed by atoms with Crippen molar-refractivity contribution in [2.75, 3.05) is 0 Å². The van der Waals surface area contributed by atoms with Crippen LogP contribution in [0.15, 0.2) is 45.7 Å². The SMILES string of the molecule is O=C(NC1CCCCCC1)c1nc(Cn2nc(-c3ccc(F)cc3)ccc2=O)no1. The number of rotatable bonds is 5. The predicted octanol–water partition coefficient (Wildman–Crippen LogP) is 2.93. The molecular formula is C21H22FN5O3. The Kier molecular flexibility index (Phi) is 5.97. The minimum Gasteiger partial charge on any atom is -0.345 e. The van der Waals surface area contributed by atoms with Gasteiger partial charge in [-0.1, -0.05) is 30.8 Å². The maximum atomic E-state index is 13.1. The Morgan fingerprint density at radius 1 is 1.10 bits per heavy atom. The van der Waals surface area contributed by atoms with Crippen molar-refractivity contribution in [1.82, 2.24) is 25.2 Å². The summed E-state index contributed by atoms with van der Waals surface area (Å²) in [5.41, 5.74) is 0.821. The molecule has 3 aromatic rings. The maximum absolute atomic E-state index is 13.1. The molecular weight excluding hydrogens is 389 g/mol. The highest BCUT2D eigenvalue weighted by atomic mass is 19.1. The van der Waals surface area contributed by atoms with Gasteiger partial charge in [-0.05, 0) is 43.2 Å². The molecule has 156 valence electrons. The summed E-state index contributed by atoms with van der Waals surface area (Å²) in [6, 6.07) is 8.86. The molecule has 1 fully saturated rings. The van der Waals surface area contributed by atoms with Crippen LogP contribution in [0.5, 0.6) is 0 Å². The molecule has 0 atom stereocenters. The van der Waals surface area contributed by atoms with E-state index in [2.05, 4.69) is 20.6 Å². The summed E-state index contributed by atoms with van der Waals surface area (Å²) < 4.78 is 19.4. The largest absolute Gasteiger partial charge is 0.345 e. The second kappa shape index (κ2) is 8.98. The summed E-state index contributed by atoms with van der Waals surface area (Å²) in [6.45, 7) is -0.0475. The van der Waals surface area contributed by atoms with E-state index in [4.69, 9.17) is 4.52 Å². The first-order chi connectivity index (χ1) is 14.6. The van der Waals surface area contributed by atoms with E-state index in [-0.39, 0.29) is 35.7 Å². The lowest BCUT2D eigenvalue weighted by molar-refractivity contribution is 0.0889. The van der Waals surface area contributed by atoms with Gasteiger partial charge in [0, 0.05) is 17.7 Å². The van der Waals surface area contributed by atoms with Crippen molar-refractivity contribution in [3.8, 4) is 11.3 Å². The zero-order chi connectivity index (χ0) is 20.9. The van der Waals surface area contributed by atoms with Crippen molar-refractivity contribution < 1.29 is 13.7 Å². The van der Waals surface area contributed by atoms with Gasteiger partial charge in [0.2, 0.25) is 0 Å². The lowest BCUT2D eigenvalue weighted by Gasteiger charge is -2.14. The van der Waals surface area contributed by atoms with Crippen molar-refractivity contribution in [2.45, 2.75) is 51.1 Å². The Morgan fingerprint density at radius 2 is 1.83 bits per heavy atom. The second-order valence-corrected chi connectivity index (χ2v) is 7.40. The first-order valence-electron chi connectivity index (χ1n) is 10.1. The number of carbonyl (C=O) groups excluding carboxylic acids is 1. The van der Waals surface area contributed by atoms with Crippen molar-refractivity contribution in [2.24, 2.45) is 0 Å². The average Bonchev–Trinajstić information content (AvgIpc) is 3.06. The molecule has 1 N–H and O–H groups in total. The van der Waals surface area contributed by atoms with Crippen LogP contribution in [0.25, 0.3) is 11.3 Å². The maximum Gasteiger partial charge on any atom is 0.316 e. The lowest BCUT2D eigenvalue weighted by atomic mass is 10.1. The molecule has 0 spiro atoms. The van der Waals surface area contributed by atoms with E-state index >= 15 is 0 Å². The summed E-state index contributed by atoms with van der Waals surface area (Å²) in [5.74, 6) is -0.710. The fourth-order valence-electron chi connectivity index (χ4n) is 3.55. The molecule has 1 aliphatic rings. The Balaban J connectivity index is 1.46. The first kappa shape index (κ1) is 19.9. The fraction of sp³-hybridized carbons (Fsp3) is 0.381. The normalized spacial score (nSPS) is 15.0. The van der Waals surface area contributed by atoms with Crippen molar-refractivity contribution >= 4 is 5.91 Å². The topological polar surface area (TPSA) is 103 Å². The van der Waals surface area contributed by atoms with Crippen molar-refractivity contribution in [1.29, 1.82) is 0 Å². The van der Waals surface area contributed by atoms with Crippen LogP contribution < -0.4 is 10.9 Å². The Labute approximate surface area is 172 Å². The van der Waals surface area contributed by atoms with Gasteiger partial charge in [-0.25, -0.2) is 9.07 Å². The van der Waals surface area contributed by atoms with E-state index in [1.165, 1.54) is 35.7 Å². The van der Waals surface area contributed by atoms with Gasteiger partial charge in [-0.2, -0.15) is 10.1 Å². The van der Waals surface area contributed by atoms with Crippen LogP contribution in [0, 0.1) is 5.82 Å². The highest BCUT2D eigenvalue weighted by Gasteiger charge is 2.20. The molecule has 2 aromatic heterocycles. The summed E-state index contributed by atoms with van der Waals surface area (Å²) in [5, 5.41) is 11.0. The average molecular weight is 411 g/mol. The molecule has 1 amide bonds. The van der Waals surface area contributed by atoms with Gasteiger partial charge >= 0.3 is 11.8 Å². The Bertz CT molecular complexity index is 1070. The van der Waals surface area contributed by atoms with E-state index in [9.17, 15) is 14.0 Å². The first-order valence-corrected chi connectivity index (χ1v) is 10.1. The summed E-state index contributed by atoms with van der Waals surface area (Å²) >= 11 is 0. The second-order valence-electron chi connectivity index (χ2n) is 7.40. The van der Waals surface area contributed by atoms with Crippen molar-refractivity contribution in [3.05, 3.63) is 64.3 Å². The standard InChI is InChI=1S/C21H22FN5O3/c22-15-9-7-14(8-10-15)17-11-12-19(28)27(25-17)13-18-24-21(30-26-18)20(29)23-16-5-3-1-2-4-6-16/h7-12,16H,1-6,13H2,(H,23,29). The molecule has 1 aromatic carbocycles. The van der Waals surface area contributed by atoms with Crippen LogP contribution >= 0.6 is 0 Å². The van der Waals surface area contributed by atoms with E-state index in [1.807, 2.05) is 0 Å². The molecule has 2 heterocycles. The van der Waals surface area contributed by atoms with Gasteiger partial charge in [0.25, 0.3) is 5.56 Å². The molecule has 4 rings (SSSR count). The summed E-state index contributed by atoms with van der Waals surface area (Å²) in [7, 11) is 0. The number of hydrogen-bond donors (Lipinski definition) is 1. The number of amides is 1. The van der Waals surface area contributed by atoms with Crippen LogP contribution in [-0.4, -0.2) is 31.9 Å². The molecule has 0 saturated heterocycles. The third kappa shape index (κ3) is 4.79. The predicted molar refractivity (Wildman–Crippen MR) is 106 cm³/mol. The molecule has 9 heteroatoms. The third-order valence-electron chi connectivity index (χ3n) is 5.15. The van der Waals surface area contributed by atoms with E-state index < -0.39 is 5.91 Å². The van der Waals surface area contributed by atoms with E-state index in [1.54, 1.807) is 18.2 Å². The van der Waals surface area contributed by atoms with E-state index in [0.717, 1.165) is 25.7 Å². The van der Waals surface area contributed by atoms with Gasteiger partial charge in [0.05, 0.1) is 5.69 Å². The van der Waals surface area contributed by atoms with Crippen LogP contribution in [-0.2, 0) is 6.54 Å². The number of aromatic nitrogens is 4. The number of halogens is 1. The molecule has 8 nitrogen and oxygen atoms in total. The number of nitrogens with one attached hydrogen (secondary N) is 1. The third-order valence-corrected chi connectivity index (χ3v) is 5.15. The molecule has 0 radical (unpaired) electrons. The number of nitrogens with zero attached hydrogens (tertiary/aromatic N) is 4. The quantitative estimate of drug-likeness (QED) is 0.648. The molecule has 0 aliphatic heterocycles. The zero-order valence-electron chi connectivity index (χ0n) is 16.4. The highest BCUT2D eigenvalue weighted by Crippen LogP contribution is 2.18. The van der Waals surface area contributed by atoms with Crippen LogP contribution in [0.1, 0.15) is 55.0 Å². The molecule has 0 bridgehead atoms. The number of benzene rings is 1.